The topological polar surface area (TPSA) is 49.4 Å². The van der Waals surface area contributed by atoms with Gasteiger partial charge < -0.3 is 5.32 Å². The van der Waals surface area contributed by atoms with Crippen LogP contribution in [-0.2, 0) is 10.0 Å². The molecule has 4 nitrogen and oxygen atoms in total. The molecule has 0 spiro atoms. The molecule has 1 unspecified atom stereocenters. The van der Waals surface area contributed by atoms with Crippen LogP contribution in [0.25, 0.3) is 0 Å². The number of hydrogen-bond donors (Lipinski definition) is 1. The number of benzene rings is 1. The molecule has 0 saturated carbocycles. The molecular formula is C19H32N2O2S. The predicted octanol–water partition coefficient (Wildman–Crippen LogP) is 4.49. The Morgan fingerprint density at radius 1 is 1.12 bits per heavy atom. The van der Waals surface area contributed by atoms with E-state index in [1.54, 1.807) is 16.4 Å². The lowest BCUT2D eigenvalue weighted by molar-refractivity contribution is 0.281. The second kappa shape index (κ2) is 9.42. The highest BCUT2D eigenvalue weighted by Gasteiger charge is 2.28. The predicted molar refractivity (Wildman–Crippen MR) is 101 cm³/mol. The van der Waals surface area contributed by atoms with Crippen molar-refractivity contribution < 1.29 is 8.42 Å². The summed E-state index contributed by atoms with van der Waals surface area (Å²) in [5.74, 6) is 0.446. The normalized spacial score (nSPS) is 19.3. The van der Waals surface area contributed by atoms with Crippen LogP contribution in [0.2, 0.25) is 0 Å². The zero-order valence-electron chi connectivity index (χ0n) is 15.1. The number of piperidine rings is 1. The van der Waals surface area contributed by atoms with E-state index in [1.807, 2.05) is 12.1 Å². The van der Waals surface area contributed by atoms with E-state index in [0.717, 1.165) is 31.5 Å². The Bertz CT molecular complexity index is 584. The molecule has 0 aliphatic carbocycles. The number of unbranched alkanes of at least 4 members (excludes halogenated alkanes) is 4. The summed E-state index contributed by atoms with van der Waals surface area (Å²) < 4.78 is 27.1. The average molecular weight is 353 g/mol. The van der Waals surface area contributed by atoms with Crippen LogP contribution in [0.15, 0.2) is 29.2 Å². The van der Waals surface area contributed by atoms with E-state index in [0.29, 0.717) is 23.9 Å². The minimum absolute atomic E-state index is 0.407. The minimum atomic E-state index is -3.34. The maximum atomic E-state index is 12.7. The molecule has 0 bridgehead atoms. The molecule has 0 aromatic heterocycles. The number of nitrogens with zero attached hydrogens (tertiary/aromatic N) is 1. The molecule has 1 atom stereocenters. The van der Waals surface area contributed by atoms with E-state index in [2.05, 4.69) is 19.2 Å². The second-order valence-corrected chi connectivity index (χ2v) is 8.91. The highest BCUT2D eigenvalue weighted by atomic mass is 32.2. The molecule has 1 aromatic rings. The zero-order chi connectivity index (χ0) is 17.4. The van der Waals surface area contributed by atoms with Gasteiger partial charge in [0.15, 0.2) is 0 Å². The minimum Gasteiger partial charge on any atom is -0.385 e. The molecule has 5 heteroatoms. The SMILES string of the molecule is CCCCCCCNc1ccc(S(=O)(=O)N2CCCC(C)C2)cc1. The first-order valence-electron chi connectivity index (χ1n) is 9.38. The van der Waals surface area contributed by atoms with Crippen LogP contribution in [0.1, 0.15) is 58.8 Å². The third-order valence-electron chi connectivity index (χ3n) is 4.72. The van der Waals surface area contributed by atoms with Gasteiger partial charge in [-0.05, 0) is 49.4 Å². The van der Waals surface area contributed by atoms with Crippen molar-refractivity contribution in [1.29, 1.82) is 0 Å². The molecule has 0 amide bonds. The van der Waals surface area contributed by atoms with Gasteiger partial charge in [0.05, 0.1) is 4.90 Å². The third-order valence-corrected chi connectivity index (χ3v) is 6.60. The average Bonchev–Trinajstić information content (AvgIpc) is 2.58. The fourth-order valence-corrected chi connectivity index (χ4v) is 4.82. The molecule has 1 fully saturated rings. The van der Waals surface area contributed by atoms with Gasteiger partial charge >= 0.3 is 0 Å². The van der Waals surface area contributed by atoms with E-state index in [9.17, 15) is 8.42 Å². The first-order chi connectivity index (χ1) is 11.5. The summed E-state index contributed by atoms with van der Waals surface area (Å²) in [6.07, 6.45) is 8.35. The molecule has 2 rings (SSSR count). The summed E-state index contributed by atoms with van der Waals surface area (Å²) in [7, 11) is -3.34. The Balaban J connectivity index is 1.86. The quantitative estimate of drug-likeness (QED) is 0.666. The fourth-order valence-electron chi connectivity index (χ4n) is 3.22. The highest BCUT2D eigenvalue weighted by molar-refractivity contribution is 7.89. The summed E-state index contributed by atoms with van der Waals surface area (Å²) >= 11 is 0. The van der Waals surface area contributed by atoms with Crippen molar-refractivity contribution in [3.05, 3.63) is 24.3 Å². The summed E-state index contributed by atoms with van der Waals surface area (Å²) in [6, 6.07) is 7.22. The van der Waals surface area contributed by atoms with Crippen molar-refractivity contribution in [1.82, 2.24) is 4.31 Å². The number of sulfonamides is 1. The number of nitrogens with one attached hydrogen (secondary N) is 1. The van der Waals surface area contributed by atoms with Gasteiger partial charge in [-0.3, -0.25) is 0 Å². The van der Waals surface area contributed by atoms with E-state index < -0.39 is 10.0 Å². The van der Waals surface area contributed by atoms with Crippen LogP contribution in [-0.4, -0.2) is 32.4 Å². The molecule has 1 heterocycles. The molecule has 0 radical (unpaired) electrons. The zero-order valence-corrected chi connectivity index (χ0v) is 15.9. The van der Waals surface area contributed by atoms with E-state index in [4.69, 9.17) is 0 Å². The van der Waals surface area contributed by atoms with E-state index in [-0.39, 0.29) is 0 Å². The number of hydrogen-bond acceptors (Lipinski definition) is 3. The third kappa shape index (κ3) is 5.49. The van der Waals surface area contributed by atoms with Gasteiger partial charge in [0.2, 0.25) is 10.0 Å². The Labute approximate surface area is 147 Å². The van der Waals surface area contributed by atoms with Crippen LogP contribution in [0.4, 0.5) is 5.69 Å². The van der Waals surface area contributed by atoms with Crippen LogP contribution in [0.3, 0.4) is 0 Å². The first kappa shape index (κ1) is 19.3. The van der Waals surface area contributed by atoms with Gasteiger partial charge in [-0.2, -0.15) is 4.31 Å². The Morgan fingerprint density at radius 3 is 2.50 bits per heavy atom. The van der Waals surface area contributed by atoms with Crippen LogP contribution in [0.5, 0.6) is 0 Å². The van der Waals surface area contributed by atoms with E-state index >= 15 is 0 Å². The van der Waals surface area contributed by atoms with Gasteiger partial charge in [-0.25, -0.2) is 8.42 Å². The summed E-state index contributed by atoms with van der Waals surface area (Å²) in [6.45, 7) is 6.57. The molecule has 1 aromatic carbocycles. The van der Waals surface area contributed by atoms with Crippen molar-refractivity contribution in [3.8, 4) is 0 Å². The molecule has 136 valence electrons. The smallest absolute Gasteiger partial charge is 0.243 e. The van der Waals surface area contributed by atoms with Crippen molar-refractivity contribution >= 4 is 15.7 Å². The lowest BCUT2D eigenvalue weighted by Gasteiger charge is -2.30. The maximum Gasteiger partial charge on any atom is 0.243 e. The second-order valence-electron chi connectivity index (χ2n) is 6.98. The molecule has 24 heavy (non-hydrogen) atoms. The molecule has 1 aliphatic heterocycles. The molecule has 1 aliphatic rings. The Kier molecular flexibility index (Phi) is 7.56. The maximum absolute atomic E-state index is 12.7. The number of rotatable bonds is 9. The number of anilines is 1. The summed E-state index contributed by atoms with van der Waals surface area (Å²) in [5, 5.41) is 3.38. The Hall–Kier alpha value is -1.07. The molecule has 1 saturated heterocycles. The molecule has 1 N–H and O–H groups in total. The standard InChI is InChI=1S/C19H32N2O2S/c1-3-4-5-6-7-14-20-18-10-12-19(13-11-18)24(22,23)21-15-8-9-17(2)16-21/h10-13,17,20H,3-9,14-16H2,1-2H3. The van der Waals surface area contributed by atoms with Gasteiger partial charge in [0.1, 0.15) is 0 Å². The van der Waals surface area contributed by atoms with Gasteiger partial charge in [0, 0.05) is 25.3 Å². The summed E-state index contributed by atoms with van der Waals surface area (Å²) in [5.41, 5.74) is 0.997. The van der Waals surface area contributed by atoms with Crippen LogP contribution >= 0.6 is 0 Å². The van der Waals surface area contributed by atoms with Crippen molar-refractivity contribution in [2.75, 3.05) is 25.0 Å². The lowest BCUT2D eigenvalue weighted by atomic mass is 10.0. The largest absolute Gasteiger partial charge is 0.385 e. The van der Waals surface area contributed by atoms with E-state index in [1.165, 1.54) is 25.7 Å². The van der Waals surface area contributed by atoms with Gasteiger partial charge in [0.25, 0.3) is 0 Å². The van der Waals surface area contributed by atoms with Crippen molar-refractivity contribution in [2.24, 2.45) is 5.92 Å². The molecular weight excluding hydrogens is 320 g/mol. The van der Waals surface area contributed by atoms with Crippen molar-refractivity contribution in [3.63, 3.8) is 0 Å². The first-order valence-corrected chi connectivity index (χ1v) is 10.8. The summed E-state index contributed by atoms with van der Waals surface area (Å²) in [4.78, 5) is 0.407. The van der Waals surface area contributed by atoms with Gasteiger partial charge in [-0.15, -0.1) is 0 Å². The van der Waals surface area contributed by atoms with Crippen LogP contribution < -0.4 is 5.32 Å². The van der Waals surface area contributed by atoms with Crippen LogP contribution in [0, 0.1) is 5.92 Å². The van der Waals surface area contributed by atoms with Gasteiger partial charge in [-0.1, -0.05) is 39.5 Å². The highest BCUT2D eigenvalue weighted by Crippen LogP contribution is 2.24. The monoisotopic (exact) mass is 352 g/mol. The fraction of sp³-hybridized carbons (Fsp3) is 0.684. The lowest BCUT2D eigenvalue weighted by Crippen LogP contribution is -2.39. The van der Waals surface area contributed by atoms with Crippen molar-refractivity contribution in [2.45, 2.75) is 63.7 Å². The Morgan fingerprint density at radius 2 is 1.83 bits per heavy atom.